The van der Waals surface area contributed by atoms with Gasteiger partial charge < -0.3 is 10.4 Å². The van der Waals surface area contributed by atoms with E-state index in [0.717, 1.165) is 0 Å². The fourth-order valence-electron chi connectivity index (χ4n) is 1.75. The maximum Gasteiger partial charge on any atom is 0.303 e. The Morgan fingerprint density at radius 1 is 1.29 bits per heavy atom. The molecule has 0 aromatic heterocycles. The zero-order valence-electron chi connectivity index (χ0n) is 11.5. The van der Waals surface area contributed by atoms with Gasteiger partial charge >= 0.3 is 5.97 Å². The van der Waals surface area contributed by atoms with Crippen LogP contribution in [0.5, 0.6) is 0 Å². The van der Waals surface area contributed by atoms with E-state index in [4.69, 9.17) is 5.11 Å². The van der Waals surface area contributed by atoms with E-state index < -0.39 is 5.97 Å². The maximum absolute atomic E-state index is 11.2. The highest BCUT2D eigenvalue weighted by atomic mass is 16.4. The van der Waals surface area contributed by atoms with E-state index in [0.29, 0.717) is 12.8 Å². The van der Waals surface area contributed by atoms with Gasteiger partial charge in [-0.1, -0.05) is 6.92 Å². The minimum Gasteiger partial charge on any atom is -0.481 e. The van der Waals surface area contributed by atoms with Crippen LogP contribution in [0.2, 0.25) is 0 Å². The second-order valence-corrected chi connectivity index (χ2v) is 5.77. The van der Waals surface area contributed by atoms with Crippen LogP contribution in [0.15, 0.2) is 0 Å². The molecule has 0 aromatic carbocycles. The zero-order valence-corrected chi connectivity index (χ0v) is 11.5. The maximum atomic E-state index is 11.2. The van der Waals surface area contributed by atoms with E-state index in [1.54, 1.807) is 6.92 Å². The van der Waals surface area contributed by atoms with E-state index in [9.17, 15) is 9.59 Å². The number of Topliss-reactive ketones (excluding diaryl/α,β-unsaturated/α-hetero) is 1. The van der Waals surface area contributed by atoms with Crippen LogP contribution in [0.4, 0.5) is 0 Å². The predicted molar refractivity (Wildman–Crippen MR) is 68.0 cm³/mol. The van der Waals surface area contributed by atoms with Gasteiger partial charge in [0.2, 0.25) is 0 Å². The smallest absolute Gasteiger partial charge is 0.303 e. The quantitative estimate of drug-likeness (QED) is 0.719. The SMILES string of the molecule is CC(=O)C(C)CC(CCC(=O)O)NC(C)(C)C. The number of carboxylic acid groups (broad SMARTS) is 1. The molecule has 100 valence electrons. The summed E-state index contributed by atoms with van der Waals surface area (Å²) in [5.41, 5.74) is -0.0698. The topological polar surface area (TPSA) is 66.4 Å². The number of hydrogen-bond acceptors (Lipinski definition) is 3. The average molecular weight is 243 g/mol. The average Bonchev–Trinajstić information content (AvgIpc) is 2.11. The van der Waals surface area contributed by atoms with Gasteiger partial charge in [-0.05, 0) is 40.5 Å². The molecule has 0 saturated heterocycles. The largest absolute Gasteiger partial charge is 0.481 e. The Morgan fingerprint density at radius 2 is 1.82 bits per heavy atom. The molecule has 0 aromatic rings. The van der Waals surface area contributed by atoms with Gasteiger partial charge in [0.25, 0.3) is 0 Å². The van der Waals surface area contributed by atoms with Gasteiger partial charge in [0.15, 0.2) is 0 Å². The van der Waals surface area contributed by atoms with E-state index in [1.807, 2.05) is 27.7 Å². The molecule has 2 unspecified atom stereocenters. The number of aliphatic carboxylic acids is 1. The second kappa shape index (κ2) is 6.74. The molecule has 4 nitrogen and oxygen atoms in total. The third-order valence-electron chi connectivity index (χ3n) is 2.68. The van der Waals surface area contributed by atoms with Gasteiger partial charge in [-0.2, -0.15) is 0 Å². The lowest BCUT2D eigenvalue weighted by Crippen LogP contribution is -2.45. The van der Waals surface area contributed by atoms with Crippen LogP contribution >= 0.6 is 0 Å². The van der Waals surface area contributed by atoms with Crippen molar-refractivity contribution in [2.75, 3.05) is 0 Å². The van der Waals surface area contributed by atoms with Crippen molar-refractivity contribution in [3.8, 4) is 0 Å². The molecule has 0 radical (unpaired) electrons. The molecule has 0 fully saturated rings. The molecule has 0 aliphatic carbocycles. The van der Waals surface area contributed by atoms with Gasteiger partial charge in [-0.3, -0.25) is 9.59 Å². The predicted octanol–water partition coefficient (Wildman–Crippen LogP) is 2.22. The van der Waals surface area contributed by atoms with E-state index in [1.165, 1.54) is 0 Å². The zero-order chi connectivity index (χ0) is 13.6. The van der Waals surface area contributed by atoms with Crippen LogP contribution in [-0.4, -0.2) is 28.4 Å². The van der Waals surface area contributed by atoms with Crippen molar-refractivity contribution in [2.45, 2.75) is 65.5 Å². The van der Waals surface area contributed by atoms with E-state index in [2.05, 4.69) is 5.32 Å². The Hall–Kier alpha value is -0.900. The Bertz CT molecular complexity index is 268. The fraction of sp³-hybridized carbons (Fsp3) is 0.846. The number of carboxylic acids is 1. The van der Waals surface area contributed by atoms with Crippen molar-refractivity contribution in [2.24, 2.45) is 5.92 Å². The Morgan fingerprint density at radius 3 is 2.18 bits per heavy atom. The Labute approximate surface area is 104 Å². The lowest BCUT2D eigenvalue weighted by Gasteiger charge is -2.29. The first-order valence-electron chi connectivity index (χ1n) is 6.11. The number of rotatable bonds is 7. The number of hydrogen-bond donors (Lipinski definition) is 2. The highest BCUT2D eigenvalue weighted by Crippen LogP contribution is 2.15. The highest BCUT2D eigenvalue weighted by Gasteiger charge is 2.21. The van der Waals surface area contributed by atoms with Crippen LogP contribution in [0, 0.1) is 5.92 Å². The van der Waals surface area contributed by atoms with Gasteiger partial charge in [-0.15, -0.1) is 0 Å². The minimum absolute atomic E-state index is 0.0244. The van der Waals surface area contributed by atoms with Crippen molar-refractivity contribution in [1.82, 2.24) is 5.32 Å². The van der Waals surface area contributed by atoms with Crippen molar-refractivity contribution >= 4 is 11.8 Å². The summed E-state index contributed by atoms with van der Waals surface area (Å²) >= 11 is 0. The van der Waals surface area contributed by atoms with E-state index in [-0.39, 0.29) is 29.7 Å². The van der Waals surface area contributed by atoms with Crippen molar-refractivity contribution < 1.29 is 14.7 Å². The molecule has 0 rings (SSSR count). The first-order valence-corrected chi connectivity index (χ1v) is 6.11. The molecule has 17 heavy (non-hydrogen) atoms. The summed E-state index contributed by atoms with van der Waals surface area (Å²) in [5, 5.41) is 12.1. The molecular weight excluding hydrogens is 218 g/mol. The molecule has 4 heteroatoms. The lowest BCUT2D eigenvalue weighted by atomic mass is 9.93. The van der Waals surface area contributed by atoms with Gasteiger partial charge in [0.05, 0.1) is 0 Å². The van der Waals surface area contributed by atoms with Crippen LogP contribution in [0.1, 0.15) is 53.9 Å². The number of carbonyl (C=O) groups excluding carboxylic acids is 1. The molecule has 0 spiro atoms. The number of carbonyl (C=O) groups is 2. The summed E-state index contributed by atoms with van der Waals surface area (Å²) in [7, 11) is 0. The Kier molecular flexibility index (Phi) is 6.39. The summed E-state index contributed by atoms with van der Waals surface area (Å²) in [6.07, 6.45) is 1.39. The first-order chi connectivity index (χ1) is 7.61. The number of ketones is 1. The highest BCUT2D eigenvalue weighted by molar-refractivity contribution is 5.77. The number of nitrogens with one attached hydrogen (secondary N) is 1. The molecule has 0 saturated carbocycles. The summed E-state index contributed by atoms with van der Waals surface area (Å²) in [4.78, 5) is 21.8. The fourth-order valence-corrected chi connectivity index (χ4v) is 1.75. The molecule has 0 heterocycles. The molecule has 0 aliphatic heterocycles. The van der Waals surface area contributed by atoms with Crippen LogP contribution in [-0.2, 0) is 9.59 Å². The standard InChI is InChI=1S/C13H25NO3/c1-9(10(2)15)8-11(6-7-12(16)17)14-13(3,4)5/h9,11,14H,6-8H2,1-5H3,(H,16,17). The second-order valence-electron chi connectivity index (χ2n) is 5.77. The van der Waals surface area contributed by atoms with Crippen LogP contribution < -0.4 is 5.32 Å². The first kappa shape index (κ1) is 16.1. The van der Waals surface area contributed by atoms with Gasteiger partial charge in [0, 0.05) is 23.9 Å². The third kappa shape index (κ3) is 8.86. The molecule has 0 amide bonds. The molecular formula is C13H25NO3. The minimum atomic E-state index is -0.791. The van der Waals surface area contributed by atoms with Crippen molar-refractivity contribution in [3.63, 3.8) is 0 Å². The van der Waals surface area contributed by atoms with Crippen LogP contribution in [0.3, 0.4) is 0 Å². The van der Waals surface area contributed by atoms with Crippen molar-refractivity contribution in [3.05, 3.63) is 0 Å². The third-order valence-corrected chi connectivity index (χ3v) is 2.68. The molecule has 0 aliphatic rings. The summed E-state index contributed by atoms with van der Waals surface area (Å²) in [6, 6.07) is 0.0741. The summed E-state index contributed by atoms with van der Waals surface area (Å²) in [5.74, 6) is -0.661. The van der Waals surface area contributed by atoms with Crippen LogP contribution in [0.25, 0.3) is 0 Å². The lowest BCUT2D eigenvalue weighted by molar-refractivity contribution is -0.137. The normalized spacial score (nSPS) is 15.4. The van der Waals surface area contributed by atoms with Gasteiger partial charge in [-0.25, -0.2) is 0 Å². The van der Waals surface area contributed by atoms with E-state index >= 15 is 0 Å². The molecule has 2 atom stereocenters. The van der Waals surface area contributed by atoms with Crippen molar-refractivity contribution in [1.29, 1.82) is 0 Å². The molecule has 0 bridgehead atoms. The van der Waals surface area contributed by atoms with Gasteiger partial charge in [0.1, 0.15) is 5.78 Å². The molecule has 2 N–H and O–H groups in total. The Balaban J connectivity index is 4.39. The summed E-state index contributed by atoms with van der Waals surface area (Å²) < 4.78 is 0. The summed E-state index contributed by atoms with van der Waals surface area (Å²) in [6.45, 7) is 9.59. The monoisotopic (exact) mass is 243 g/mol.